The van der Waals surface area contributed by atoms with Crippen LogP contribution < -0.4 is 10.1 Å². The van der Waals surface area contributed by atoms with E-state index < -0.39 is 0 Å². The Balaban J connectivity index is 1.44. The predicted molar refractivity (Wildman–Crippen MR) is 117 cm³/mol. The third kappa shape index (κ3) is 6.59. The summed E-state index contributed by atoms with van der Waals surface area (Å²) in [5.41, 5.74) is 1.73. The molecule has 0 radical (unpaired) electrons. The van der Waals surface area contributed by atoms with Crippen LogP contribution in [0.2, 0.25) is 0 Å². The maximum absolute atomic E-state index is 12.9. The van der Waals surface area contributed by atoms with Gasteiger partial charge in [-0.15, -0.1) is 0 Å². The number of nitrogens with zero attached hydrogens (tertiary/aromatic N) is 2. The molecule has 0 saturated carbocycles. The van der Waals surface area contributed by atoms with Gasteiger partial charge < -0.3 is 15.0 Å². The average molecular weight is 410 g/mol. The van der Waals surface area contributed by atoms with E-state index in [1.54, 1.807) is 0 Å². The number of nitrogens with one attached hydrogen (secondary N) is 1. The largest absolute Gasteiger partial charge is 0.493 e. The smallest absolute Gasteiger partial charge is 0.254 e. The van der Waals surface area contributed by atoms with Gasteiger partial charge in [0.05, 0.1) is 13.2 Å². The minimum absolute atomic E-state index is 0.00799. The molecule has 2 aromatic rings. The highest BCUT2D eigenvalue weighted by Gasteiger charge is 2.23. The number of carbonyl (C=O) groups is 2. The van der Waals surface area contributed by atoms with Crippen molar-refractivity contribution in [1.82, 2.24) is 15.1 Å². The molecule has 160 valence electrons. The van der Waals surface area contributed by atoms with Crippen molar-refractivity contribution in [2.24, 2.45) is 5.92 Å². The molecule has 3 rings (SSSR count). The lowest BCUT2D eigenvalue weighted by atomic mass is 10.1. The molecular formula is C24H31N3O3. The summed E-state index contributed by atoms with van der Waals surface area (Å²) in [5.74, 6) is 1.18. The molecule has 0 aliphatic carbocycles. The van der Waals surface area contributed by atoms with Crippen molar-refractivity contribution in [3.8, 4) is 5.75 Å². The first-order valence-corrected chi connectivity index (χ1v) is 10.6. The van der Waals surface area contributed by atoms with Crippen molar-refractivity contribution in [3.05, 3.63) is 65.7 Å². The van der Waals surface area contributed by atoms with Gasteiger partial charge in [0.25, 0.3) is 5.91 Å². The number of ether oxygens (including phenoxy) is 1. The first-order valence-electron chi connectivity index (χ1n) is 10.6. The summed E-state index contributed by atoms with van der Waals surface area (Å²) in [4.78, 5) is 29.0. The zero-order chi connectivity index (χ0) is 21.3. The van der Waals surface area contributed by atoms with Gasteiger partial charge in [-0.05, 0) is 29.7 Å². The molecule has 0 atom stereocenters. The summed E-state index contributed by atoms with van der Waals surface area (Å²) >= 11 is 0. The summed E-state index contributed by atoms with van der Waals surface area (Å²) in [5, 5.41) is 2.96. The Kier molecular flexibility index (Phi) is 7.85. The van der Waals surface area contributed by atoms with Crippen LogP contribution in [0.25, 0.3) is 0 Å². The van der Waals surface area contributed by atoms with E-state index in [0.29, 0.717) is 57.4 Å². The highest BCUT2D eigenvalue weighted by Crippen LogP contribution is 2.17. The molecule has 2 aromatic carbocycles. The van der Waals surface area contributed by atoms with Crippen LogP contribution in [-0.4, -0.2) is 60.9 Å². The van der Waals surface area contributed by atoms with Crippen LogP contribution >= 0.6 is 0 Å². The van der Waals surface area contributed by atoms with E-state index in [1.165, 1.54) is 0 Å². The van der Waals surface area contributed by atoms with Crippen LogP contribution in [0.1, 0.15) is 29.8 Å². The standard InChI is InChI=1S/C24H31N3O3/c1-19(2)18-30-22-10-6-9-21(15-22)24(29)27-13-11-26(12-14-27)17-23(28)25-16-20-7-4-3-5-8-20/h3-10,15,19H,11-14,16-18H2,1-2H3,(H,25,28). The SMILES string of the molecule is CC(C)COc1cccc(C(=O)N2CCN(CC(=O)NCc3ccccc3)CC2)c1. The number of piperazine rings is 1. The summed E-state index contributed by atoms with van der Waals surface area (Å²) in [7, 11) is 0. The van der Waals surface area contributed by atoms with Crippen LogP contribution in [0.4, 0.5) is 0 Å². The van der Waals surface area contributed by atoms with E-state index in [1.807, 2.05) is 59.5 Å². The average Bonchev–Trinajstić information content (AvgIpc) is 2.77. The molecule has 6 heteroatoms. The maximum atomic E-state index is 12.9. The molecule has 2 amide bonds. The lowest BCUT2D eigenvalue weighted by Gasteiger charge is -2.34. The number of amides is 2. The van der Waals surface area contributed by atoms with Crippen molar-refractivity contribution in [2.75, 3.05) is 39.3 Å². The van der Waals surface area contributed by atoms with E-state index in [0.717, 1.165) is 11.3 Å². The molecular weight excluding hydrogens is 378 g/mol. The first-order chi connectivity index (χ1) is 14.5. The number of benzene rings is 2. The van der Waals surface area contributed by atoms with E-state index in [9.17, 15) is 9.59 Å². The Hall–Kier alpha value is -2.86. The van der Waals surface area contributed by atoms with Crippen molar-refractivity contribution in [1.29, 1.82) is 0 Å². The van der Waals surface area contributed by atoms with Gasteiger partial charge in [-0.3, -0.25) is 14.5 Å². The van der Waals surface area contributed by atoms with Crippen molar-refractivity contribution >= 4 is 11.8 Å². The number of carbonyl (C=O) groups excluding carboxylic acids is 2. The van der Waals surface area contributed by atoms with Gasteiger partial charge in [0.2, 0.25) is 5.91 Å². The second kappa shape index (κ2) is 10.8. The molecule has 1 N–H and O–H groups in total. The highest BCUT2D eigenvalue weighted by atomic mass is 16.5. The summed E-state index contributed by atoms with van der Waals surface area (Å²) < 4.78 is 5.74. The van der Waals surface area contributed by atoms with Gasteiger partial charge in [-0.2, -0.15) is 0 Å². The number of rotatable bonds is 8. The van der Waals surface area contributed by atoms with Gasteiger partial charge in [0.15, 0.2) is 0 Å². The summed E-state index contributed by atoms with van der Waals surface area (Å²) in [6, 6.07) is 17.2. The van der Waals surface area contributed by atoms with Gasteiger partial charge in [0, 0.05) is 38.3 Å². The van der Waals surface area contributed by atoms with Crippen LogP contribution in [0, 0.1) is 5.92 Å². The molecule has 6 nitrogen and oxygen atoms in total. The quantitative estimate of drug-likeness (QED) is 0.728. The zero-order valence-electron chi connectivity index (χ0n) is 17.8. The number of hydrogen-bond donors (Lipinski definition) is 1. The van der Waals surface area contributed by atoms with Crippen molar-refractivity contribution in [2.45, 2.75) is 20.4 Å². The molecule has 1 heterocycles. The van der Waals surface area contributed by atoms with E-state index in [-0.39, 0.29) is 11.8 Å². The normalized spacial score (nSPS) is 14.6. The van der Waals surface area contributed by atoms with E-state index in [4.69, 9.17) is 4.74 Å². The van der Waals surface area contributed by atoms with Crippen LogP contribution in [0.15, 0.2) is 54.6 Å². The van der Waals surface area contributed by atoms with Crippen LogP contribution in [0.3, 0.4) is 0 Å². The van der Waals surface area contributed by atoms with E-state index in [2.05, 4.69) is 24.1 Å². The zero-order valence-corrected chi connectivity index (χ0v) is 17.8. The molecule has 0 bridgehead atoms. The Morgan fingerprint density at radius 1 is 1.00 bits per heavy atom. The Morgan fingerprint density at radius 3 is 2.43 bits per heavy atom. The third-order valence-electron chi connectivity index (χ3n) is 5.02. The van der Waals surface area contributed by atoms with Crippen LogP contribution in [0.5, 0.6) is 5.75 Å². The second-order valence-electron chi connectivity index (χ2n) is 8.06. The predicted octanol–water partition coefficient (Wildman–Crippen LogP) is 2.80. The minimum Gasteiger partial charge on any atom is -0.493 e. The molecule has 1 fully saturated rings. The fraction of sp³-hybridized carbons (Fsp3) is 0.417. The van der Waals surface area contributed by atoms with Crippen molar-refractivity contribution in [3.63, 3.8) is 0 Å². The minimum atomic E-state index is 0.00799. The summed E-state index contributed by atoms with van der Waals surface area (Å²) in [6.45, 7) is 8.31. The van der Waals surface area contributed by atoms with Gasteiger partial charge in [0.1, 0.15) is 5.75 Å². The third-order valence-corrected chi connectivity index (χ3v) is 5.02. The molecule has 1 saturated heterocycles. The monoisotopic (exact) mass is 409 g/mol. The van der Waals surface area contributed by atoms with Crippen LogP contribution in [-0.2, 0) is 11.3 Å². The molecule has 0 unspecified atom stereocenters. The Morgan fingerprint density at radius 2 is 1.73 bits per heavy atom. The molecule has 0 spiro atoms. The fourth-order valence-corrected chi connectivity index (χ4v) is 3.33. The molecule has 1 aliphatic heterocycles. The lowest BCUT2D eigenvalue weighted by molar-refractivity contribution is -0.122. The first kappa shape index (κ1) is 21.8. The van der Waals surface area contributed by atoms with Crippen molar-refractivity contribution < 1.29 is 14.3 Å². The maximum Gasteiger partial charge on any atom is 0.254 e. The fourth-order valence-electron chi connectivity index (χ4n) is 3.33. The lowest BCUT2D eigenvalue weighted by Crippen LogP contribution is -2.51. The Bertz CT molecular complexity index is 831. The van der Waals surface area contributed by atoms with E-state index >= 15 is 0 Å². The molecule has 1 aliphatic rings. The highest BCUT2D eigenvalue weighted by molar-refractivity contribution is 5.94. The van der Waals surface area contributed by atoms with Gasteiger partial charge >= 0.3 is 0 Å². The van der Waals surface area contributed by atoms with Gasteiger partial charge in [-0.1, -0.05) is 50.2 Å². The molecule has 0 aromatic heterocycles. The summed E-state index contributed by atoms with van der Waals surface area (Å²) in [6.07, 6.45) is 0. The second-order valence-corrected chi connectivity index (χ2v) is 8.06. The number of hydrogen-bond acceptors (Lipinski definition) is 4. The topological polar surface area (TPSA) is 61.9 Å². The molecule has 30 heavy (non-hydrogen) atoms. The van der Waals surface area contributed by atoms with Gasteiger partial charge in [-0.25, -0.2) is 0 Å². The Labute approximate surface area is 178 Å².